The number of benzene rings is 1. The first-order chi connectivity index (χ1) is 9.26. The molecule has 19 heavy (non-hydrogen) atoms. The van der Waals surface area contributed by atoms with Crippen molar-refractivity contribution in [1.82, 2.24) is 0 Å². The molecule has 3 N–H and O–H groups in total. The number of ether oxygens (including phenoxy) is 1. The van der Waals surface area contributed by atoms with Gasteiger partial charge in [-0.1, -0.05) is 25.0 Å². The second-order valence-electron chi connectivity index (χ2n) is 5.07. The number of para-hydroxylation sites is 1. The zero-order valence-corrected chi connectivity index (χ0v) is 11.4. The highest BCUT2D eigenvalue weighted by Crippen LogP contribution is 2.29. The summed E-state index contributed by atoms with van der Waals surface area (Å²) in [5.74, 6) is 0.293. The Morgan fingerprint density at radius 3 is 2.74 bits per heavy atom. The van der Waals surface area contributed by atoms with E-state index in [0.717, 1.165) is 5.69 Å². The maximum absolute atomic E-state index is 11.7. The molecule has 0 amide bonds. The molecule has 4 nitrogen and oxygen atoms in total. The van der Waals surface area contributed by atoms with Crippen molar-refractivity contribution in [2.75, 3.05) is 19.0 Å². The molecule has 2 rings (SSSR count). The molecule has 0 bridgehead atoms. The highest BCUT2D eigenvalue weighted by atomic mass is 16.5. The lowest BCUT2D eigenvalue weighted by Gasteiger charge is -2.25. The fourth-order valence-corrected chi connectivity index (χ4v) is 2.83. The third kappa shape index (κ3) is 3.26. The van der Waals surface area contributed by atoms with Gasteiger partial charge in [0.2, 0.25) is 0 Å². The average Bonchev–Trinajstić information content (AvgIpc) is 2.98. The lowest BCUT2D eigenvalue weighted by molar-refractivity contribution is 0.0601. The molecule has 1 aromatic carbocycles. The first kappa shape index (κ1) is 13.9. The van der Waals surface area contributed by atoms with Crippen molar-refractivity contribution < 1.29 is 9.53 Å². The molecule has 1 aromatic rings. The van der Waals surface area contributed by atoms with Crippen LogP contribution in [0.4, 0.5) is 5.69 Å². The number of rotatable bonds is 5. The molecule has 4 heteroatoms. The van der Waals surface area contributed by atoms with Gasteiger partial charge in [0, 0.05) is 18.3 Å². The van der Waals surface area contributed by atoms with Crippen LogP contribution in [0.1, 0.15) is 36.0 Å². The zero-order chi connectivity index (χ0) is 13.7. The van der Waals surface area contributed by atoms with E-state index >= 15 is 0 Å². The largest absolute Gasteiger partial charge is 0.465 e. The van der Waals surface area contributed by atoms with Gasteiger partial charge in [0.1, 0.15) is 0 Å². The summed E-state index contributed by atoms with van der Waals surface area (Å²) in [5, 5.41) is 3.43. The second kappa shape index (κ2) is 6.57. The highest BCUT2D eigenvalue weighted by molar-refractivity contribution is 5.95. The van der Waals surface area contributed by atoms with Gasteiger partial charge in [-0.2, -0.15) is 0 Å². The number of nitrogens with two attached hydrogens (primary N) is 1. The second-order valence-corrected chi connectivity index (χ2v) is 5.07. The van der Waals surface area contributed by atoms with E-state index < -0.39 is 0 Å². The van der Waals surface area contributed by atoms with E-state index in [4.69, 9.17) is 10.5 Å². The van der Waals surface area contributed by atoms with Crippen LogP contribution >= 0.6 is 0 Å². The standard InChI is InChI=1S/C15H22N2O2/c1-19-15(18)12-8-4-5-9-13(12)17-14(10-16)11-6-2-3-7-11/h4-5,8-9,11,14,17H,2-3,6-7,10,16H2,1H3. The smallest absolute Gasteiger partial charge is 0.339 e. The summed E-state index contributed by atoms with van der Waals surface area (Å²) in [6.07, 6.45) is 4.99. The zero-order valence-electron chi connectivity index (χ0n) is 11.4. The minimum absolute atomic E-state index is 0.230. The molecule has 1 aliphatic rings. The van der Waals surface area contributed by atoms with Crippen molar-refractivity contribution >= 4 is 11.7 Å². The number of carbonyl (C=O) groups excluding carboxylic acids is 1. The van der Waals surface area contributed by atoms with E-state index in [-0.39, 0.29) is 12.0 Å². The molecular formula is C15H22N2O2. The number of hydrogen-bond acceptors (Lipinski definition) is 4. The van der Waals surface area contributed by atoms with E-state index in [1.165, 1.54) is 32.8 Å². The minimum atomic E-state index is -0.315. The Balaban J connectivity index is 2.14. The quantitative estimate of drug-likeness (QED) is 0.800. The van der Waals surface area contributed by atoms with Crippen LogP contribution in [-0.4, -0.2) is 25.7 Å². The third-order valence-electron chi connectivity index (χ3n) is 3.90. The molecule has 1 saturated carbocycles. The normalized spacial score (nSPS) is 17.2. The molecule has 0 saturated heterocycles. The SMILES string of the molecule is COC(=O)c1ccccc1NC(CN)C1CCCC1. The van der Waals surface area contributed by atoms with Gasteiger partial charge in [-0.3, -0.25) is 0 Å². The highest BCUT2D eigenvalue weighted by Gasteiger charge is 2.25. The van der Waals surface area contributed by atoms with Crippen molar-refractivity contribution in [3.05, 3.63) is 29.8 Å². The van der Waals surface area contributed by atoms with Crippen LogP contribution in [-0.2, 0) is 4.74 Å². The number of carbonyl (C=O) groups is 1. The monoisotopic (exact) mass is 262 g/mol. The molecule has 1 atom stereocenters. The molecule has 0 spiro atoms. The summed E-state index contributed by atoms with van der Waals surface area (Å²) in [5.41, 5.74) is 7.27. The van der Waals surface area contributed by atoms with Crippen LogP contribution < -0.4 is 11.1 Å². The van der Waals surface area contributed by atoms with Gasteiger partial charge in [0.05, 0.1) is 12.7 Å². The summed E-state index contributed by atoms with van der Waals surface area (Å²) >= 11 is 0. The van der Waals surface area contributed by atoms with Crippen LogP contribution in [0.5, 0.6) is 0 Å². The Kier molecular flexibility index (Phi) is 4.80. The van der Waals surface area contributed by atoms with Gasteiger partial charge in [0.25, 0.3) is 0 Å². The van der Waals surface area contributed by atoms with E-state index in [9.17, 15) is 4.79 Å². The molecule has 104 valence electrons. The molecule has 0 heterocycles. The van der Waals surface area contributed by atoms with Crippen LogP contribution in [0.25, 0.3) is 0 Å². The van der Waals surface area contributed by atoms with E-state index in [1.54, 1.807) is 6.07 Å². The minimum Gasteiger partial charge on any atom is -0.465 e. The van der Waals surface area contributed by atoms with Gasteiger partial charge >= 0.3 is 5.97 Å². The third-order valence-corrected chi connectivity index (χ3v) is 3.90. The molecule has 0 radical (unpaired) electrons. The summed E-state index contributed by atoms with van der Waals surface area (Å²) in [6, 6.07) is 7.66. The Labute approximate surface area is 114 Å². The molecule has 0 aliphatic heterocycles. The van der Waals surface area contributed by atoms with Gasteiger partial charge in [0.15, 0.2) is 0 Å². The van der Waals surface area contributed by atoms with Crippen molar-refractivity contribution in [3.63, 3.8) is 0 Å². The molecule has 1 aliphatic carbocycles. The molecule has 1 unspecified atom stereocenters. The van der Waals surface area contributed by atoms with Crippen LogP contribution in [0.15, 0.2) is 24.3 Å². The Bertz CT molecular complexity index is 428. The fourth-order valence-electron chi connectivity index (χ4n) is 2.83. The first-order valence-electron chi connectivity index (χ1n) is 6.90. The molecular weight excluding hydrogens is 240 g/mol. The average molecular weight is 262 g/mol. The predicted octanol–water partition coefficient (Wildman–Crippen LogP) is 2.40. The fraction of sp³-hybridized carbons (Fsp3) is 0.533. The Morgan fingerprint density at radius 2 is 2.11 bits per heavy atom. The van der Waals surface area contributed by atoms with Crippen LogP contribution in [0.3, 0.4) is 0 Å². The number of anilines is 1. The van der Waals surface area contributed by atoms with Crippen molar-refractivity contribution in [3.8, 4) is 0 Å². The Hall–Kier alpha value is -1.55. The summed E-state index contributed by atoms with van der Waals surface area (Å²) in [7, 11) is 1.40. The number of esters is 1. The number of methoxy groups -OCH3 is 1. The predicted molar refractivity (Wildman–Crippen MR) is 76.2 cm³/mol. The van der Waals surface area contributed by atoms with Gasteiger partial charge in [-0.15, -0.1) is 0 Å². The summed E-state index contributed by atoms with van der Waals surface area (Å²) in [6.45, 7) is 0.584. The van der Waals surface area contributed by atoms with Gasteiger partial charge < -0.3 is 15.8 Å². The van der Waals surface area contributed by atoms with E-state index in [1.807, 2.05) is 18.2 Å². The molecule has 0 aromatic heterocycles. The summed E-state index contributed by atoms with van der Waals surface area (Å²) < 4.78 is 4.81. The first-order valence-corrected chi connectivity index (χ1v) is 6.90. The van der Waals surface area contributed by atoms with Crippen molar-refractivity contribution in [2.24, 2.45) is 11.7 Å². The van der Waals surface area contributed by atoms with Crippen LogP contribution in [0.2, 0.25) is 0 Å². The van der Waals surface area contributed by atoms with Crippen molar-refractivity contribution in [2.45, 2.75) is 31.7 Å². The van der Waals surface area contributed by atoms with E-state index in [0.29, 0.717) is 18.0 Å². The maximum atomic E-state index is 11.7. The lowest BCUT2D eigenvalue weighted by Crippen LogP contribution is -2.35. The topological polar surface area (TPSA) is 64.3 Å². The number of nitrogens with one attached hydrogen (secondary N) is 1. The van der Waals surface area contributed by atoms with Crippen molar-refractivity contribution in [1.29, 1.82) is 0 Å². The van der Waals surface area contributed by atoms with Gasteiger partial charge in [-0.25, -0.2) is 4.79 Å². The lowest BCUT2D eigenvalue weighted by atomic mass is 9.97. The summed E-state index contributed by atoms with van der Waals surface area (Å²) in [4.78, 5) is 11.7. The maximum Gasteiger partial charge on any atom is 0.339 e. The van der Waals surface area contributed by atoms with E-state index in [2.05, 4.69) is 5.32 Å². The van der Waals surface area contributed by atoms with Gasteiger partial charge in [-0.05, 0) is 30.9 Å². The Morgan fingerprint density at radius 1 is 1.42 bits per heavy atom. The number of hydrogen-bond donors (Lipinski definition) is 2. The molecule has 1 fully saturated rings. The van der Waals surface area contributed by atoms with Crippen LogP contribution in [0, 0.1) is 5.92 Å².